The van der Waals surface area contributed by atoms with Gasteiger partial charge in [0.05, 0.1) is 45.1 Å². The van der Waals surface area contributed by atoms with E-state index >= 15 is 0 Å². The van der Waals surface area contributed by atoms with Crippen LogP contribution in [0.1, 0.15) is 53.4 Å². The van der Waals surface area contributed by atoms with Crippen LogP contribution >= 0.6 is 38.4 Å². The average Bonchev–Trinajstić information content (AvgIpc) is 3.17. The van der Waals surface area contributed by atoms with Crippen LogP contribution in [0.3, 0.4) is 0 Å². The number of nitrogens with zero attached hydrogens (tertiary/aromatic N) is 4. The maximum atomic E-state index is 12.9. The summed E-state index contributed by atoms with van der Waals surface area (Å²) in [4.78, 5) is 12.6. The number of fused-ring (bicyclic) bond motifs is 1. The van der Waals surface area contributed by atoms with Crippen LogP contribution in [0.2, 0.25) is 10.4 Å². The van der Waals surface area contributed by atoms with Crippen molar-refractivity contribution in [3.63, 3.8) is 0 Å². The molecule has 2 heterocycles. The quantitative estimate of drug-likeness (QED) is 0.107. The lowest BCUT2D eigenvalue weighted by molar-refractivity contribution is 0.218. The van der Waals surface area contributed by atoms with Crippen LogP contribution in [0.15, 0.2) is 6.33 Å². The average molecular weight is 573 g/mol. The Morgan fingerprint density at radius 3 is 1.80 bits per heavy atom. The van der Waals surface area contributed by atoms with Gasteiger partial charge in [0.15, 0.2) is 10.8 Å². The fourth-order valence-corrected chi connectivity index (χ4v) is 7.69. The highest BCUT2D eigenvalue weighted by atomic mass is 35.5. The number of rotatable bonds is 18. The van der Waals surface area contributed by atoms with Gasteiger partial charge in [-0.15, -0.1) is 0 Å². The van der Waals surface area contributed by atoms with Gasteiger partial charge in [0.25, 0.3) is 0 Å². The molecule has 2 rings (SSSR count). The smallest absolute Gasteiger partial charge is 0.315 e. The molecule has 0 aliphatic heterocycles. The maximum absolute atomic E-state index is 12.9. The Morgan fingerprint density at radius 1 is 0.857 bits per heavy atom. The predicted molar refractivity (Wildman–Crippen MR) is 139 cm³/mol. The van der Waals surface area contributed by atoms with Gasteiger partial charge in [-0.2, -0.15) is 4.98 Å². The van der Waals surface area contributed by atoms with E-state index < -0.39 is 15.2 Å². The molecule has 35 heavy (non-hydrogen) atoms. The fourth-order valence-electron chi connectivity index (χ4n) is 3.89. The van der Waals surface area contributed by atoms with Crippen molar-refractivity contribution in [1.82, 2.24) is 19.5 Å². The highest BCUT2D eigenvalue weighted by Gasteiger charge is 2.26. The van der Waals surface area contributed by atoms with Crippen LogP contribution in [0, 0.1) is 5.92 Å². The molecule has 0 atom stereocenters. The van der Waals surface area contributed by atoms with Gasteiger partial charge in [-0.3, -0.25) is 9.13 Å². The van der Waals surface area contributed by atoms with Crippen LogP contribution in [0.5, 0.6) is 0 Å². The van der Waals surface area contributed by atoms with Gasteiger partial charge >= 0.3 is 15.2 Å². The molecule has 0 aliphatic rings. The molecule has 0 fully saturated rings. The first kappa shape index (κ1) is 30.7. The molecule has 0 amide bonds. The molecule has 2 aromatic rings. The number of imidazole rings is 1. The van der Waals surface area contributed by atoms with E-state index in [9.17, 15) is 9.13 Å². The lowest BCUT2D eigenvalue weighted by atomic mass is 9.98. The zero-order valence-electron chi connectivity index (χ0n) is 20.8. The highest BCUT2D eigenvalue weighted by Crippen LogP contribution is 2.50. The number of halogens is 2. The standard InChI is InChI=1S/C21H36Cl2N4O6P2/c1-5-30-34(28,31-6-2)13-9-11-17(12-10-14-35(29,32-7-3)33-8-4)15-27-16-24-18-19(22)25-21(23)26-20(18)27/h16-17H,5-15H2,1-4H3. The molecule has 0 aliphatic carbocycles. The minimum atomic E-state index is -3.13. The summed E-state index contributed by atoms with van der Waals surface area (Å²) in [5.74, 6) is 0.133. The van der Waals surface area contributed by atoms with E-state index in [4.69, 9.17) is 41.3 Å². The summed E-state index contributed by atoms with van der Waals surface area (Å²) in [6.07, 6.45) is 5.07. The lowest BCUT2D eigenvalue weighted by Gasteiger charge is -2.22. The van der Waals surface area contributed by atoms with Crippen molar-refractivity contribution >= 4 is 49.6 Å². The predicted octanol–water partition coefficient (Wildman–Crippen LogP) is 6.84. The molecule has 0 radical (unpaired) electrons. The van der Waals surface area contributed by atoms with Gasteiger partial charge in [0.2, 0.25) is 5.28 Å². The van der Waals surface area contributed by atoms with Gasteiger partial charge in [-0.05, 0) is 70.9 Å². The molecule has 0 unspecified atom stereocenters. The summed E-state index contributed by atoms with van der Waals surface area (Å²) in [5.41, 5.74) is 1.02. The topological polar surface area (TPSA) is 115 Å². The first-order valence-corrected chi connectivity index (χ1v) is 16.2. The molecular formula is C21H36Cl2N4O6P2. The van der Waals surface area contributed by atoms with Crippen molar-refractivity contribution in [2.75, 3.05) is 38.8 Å². The molecule has 200 valence electrons. The summed E-state index contributed by atoms with van der Waals surface area (Å²) in [7, 11) is -6.26. The van der Waals surface area contributed by atoms with E-state index in [1.54, 1.807) is 34.0 Å². The second-order valence-electron chi connectivity index (χ2n) is 7.84. The third kappa shape index (κ3) is 9.67. The van der Waals surface area contributed by atoms with Crippen LogP contribution < -0.4 is 0 Å². The number of hydrogen-bond acceptors (Lipinski definition) is 9. The largest absolute Gasteiger partial charge is 0.330 e. The van der Waals surface area contributed by atoms with Gasteiger partial charge in [-0.25, -0.2) is 9.97 Å². The third-order valence-corrected chi connectivity index (χ3v) is 10.0. The van der Waals surface area contributed by atoms with Gasteiger partial charge < -0.3 is 22.7 Å². The van der Waals surface area contributed by atoms with Crippen molar-refractivity contribution in [3.05, 3.63) is 16.8 Å². The number of hydrogen-bond donors (Lipinski definition) is 0. The van der Waals surface area contributed by atoms with Crippen LogP contribution in [0.25, 0.3) is 11.2 Å². The minimum Gasteiger partial charge on any atom is -0.315 e. The molecule has 10 nitrogen and oxygen atoms in total. The molecule has 0 aromatic carbocycles. The van der Waals surface area contributed by atoms with E-state index in [0.717, 1.165) is 12.8 Å². The van der Waals surface area contributed by atoms with Gasteiger partial charge in [0, 0.05) is 6.54 Å². The first-order chi connectivity index (χ1) is 16.7. The molecule has 0 N–H and O–H groups in total. The van der Waals surface area contributed by atoms with Crippen LogP contribution in [-0.2, 0) is 33.8 Å². The van der Waals surface area contributed by atoms with Crippen molar-refractivity contribution < 1.29 is 27.2 Å². The molecule has 0 saturated carbocycles. The van der Waals surface area contributed by atoms with Crippen molar-refractivity contribution in [3.8, 4) is 0 Å². The Hall–Kier alpha value is -0.570. The highest BCUT2D eigenvalue weighted by molar-refractivity contribution is 7.54. The summed E-state index contributed by atoms with van der Waals surface area (Å²) < 4.78 is 49.3. The lowest BCUT2D eigenvalue weighted by Crippen LogP contribution is -2.13. The molecular weight excluding hydrogens is 537 g/mol. The first-order valence-electron chi connectivity index (χ1n) is 12.0. The van der Waals surface area contributed by atoms with E-state index in [2.05, 4.69) is 15.0 Å². The monoisotopic (exact) mass is 572 g/mol. The normalized spacial score (nSPS) is 12.8. The molecule has 0 bridgehead atoms. The molecule has 0 saturated heterocycles. The summed E-state index contributed by atoms with van der Waals surface area (Å²) in [6, 6.07) is 0. The van der Waals surface area contributed by atoms with E-state index in [-0.39, 0.29) is 16.4 Å². The summed E-state index contributed by atoms with van der Waals surface area (Å²) in [6.45, 7) is 9.07. The number of aromatic nitrogens is 4. The van der Waals surface area contributed by atoms with Crippen molar-refractivity contribution in [2.24, 2.45) is 5.92 Å². The second-order valence-corrected chi connectivity index (χ2v) is 12.9. The van der Waals surface area contributed by atoms with Gasteiger partial charge in [-0.1, -0.05) is 11.6 Å². The Morgan fingerprint density at radius 2 is 1.34 bits per heavy atom. The SMILES string of the molecule is CCOP(=O)(CCCC(CCCP(=O)(OCC)OCC)Cn1cnc2c(Cl)nc(Cl)nc21)OCC. The molecule has 2 aromatic heterocycles. The maximum Gasteiger partial charge on any atom is 0.330 e. The zero-order chi connectivity index (χ0) is 25.9. The zero-order valence-corrected chi connectivity index (χ0v) is 24.1. The van der Waals surface area contributed by atoms with E-state index in [0.29, 0.717) is 69.3 Å². The summed E-state index contributed by atoms with van der Waals surface area (Å²) in [5, 5.41) is 0.239. The Balaban J connectivity index is 2.14. The summed E-state index contributed by atoms with van der Waals surface area (Å²) >= 11 is 12.2. The van der Waals surface area contributed by atoms with Gasteiger partial charge in [0.1, 0.15) is 5.52 Å². The van der Waals surface area contributed by atoms with Crippen LogP contribution in [-0.4, -0.2) is 58.3 Å². The van der Waals surface area contributed by atoms with Crippen molar-refractivity contribution in [2.45, 2.75) is 59.9 Å². The third-order valence-electron chi connectivity index (χ3n) is 5.24. The van der Waals surface area contributed by atoms with Crippen LogP contribution in [0.4, 0.5) is 0 Å². The van der Waals surface area contributed by atoms with E-state index in [1.807, 2.05) is 4.57 Å². The fraction of sp³-hybridized carbons (Fsp3) is 0.762. The van der Waals surface area contributed by atoms with E-state index in [1.165, 1.54) is 0 Å². The second kappa shape index (κ2) is 15.0. The Labute approximate surface area is 217 Å². The minimum absolute atomic E-state index is 0.0459. The Bertz CT molecular complexity index is 969. The van der Waals surface area contributed by atoms with Crippen molar-refractivity contribution in [1.29, 1.82) is 0 Å². The molecule has 0 spiro atoms. The Kier molecular flexibility index (Phi) is 13.1. The molecule has 14 heteroatoms.